The first-order chi connectivity index (χ1) is 7.21. The van der Waals surface area contributed by atoms with Gasteiger partial charge in [0, 0.05) is 6.54 Å². The van der Waals surface area contributed by atoms with Gasteiger partial charge in [0.05, 0.1) is 5.54 Å². The molecule has 1 amide bonds. The van der Waals surface area contributed by atoms with Crippen LogP contribution in [0.15, 0.2) is 16.8 Å². The van der Waals surface area contributed by atoms with Crippen molar-refractivity contribution < 1.29 is 4.79 Å². The van der Waals surface area contributed by atoms with Crippen molar-refractivity contribution >= 4 is 17.2 Å². The average molecular weight is 224 g/mol. The molecule has 3 nitrogen and oxygen atoms in total. The highest BCUT2D eigenvalue weighted by Crippen LogP contribution is 2.18. The summed E-state index contributed by atoms with van der Waals surface area (Å²) in [5.74, 6) is 0.117. The summed E-state index contributed by atoms with van der Waals surface area (Å²) >= 11 is 1.66. The third-order valence-corrected chi connectivity index (χ3v) is 3.64. The summed E-state index contributed by atoms with van der Waals surface area (Å²) in [6.45, 7) is 3.56. The van der Waals surface area contributed by atoms with Gasteiger partial charge in [0.2, 0.25) is 5.91 Å². The van der Waals surface area contributed by atoms with Gasteiger partial charge in [0.25, 0.3) is 0 Å². The lowest BCUT2D eigenvalue weighted by Gasteiger charge is -2.22. The van der Waals surface area contributed by atoms with Crippen molar-refractivity contribution in [3.63, 3.8) is 0 Å². The standard InChI is InChI=1S/C11H16N2OS/c1-11(4-2-5-13-11)10(14)12-7-9-3-6-15-8-9/h3,6,8,13H,2,4-5,7H2,1H3,(H,12,14). The number of rotatable bonds is 3. The van der Waals surface area contributed by atoms with Crippen LogP contribution in [0.2, 0.25) is 0 Å². The molecule has 0 radical (unpaired) electrons. The van der Waals surface area contributed by atoms with E-state index in [0.717, 1.165) is 19.4 Å². The molecule has 0 saturated carbocycles. The Morgan fingerprint density at radius 3 is 3.20 bits per heavy atom. The van der Waals surface area contributed by atoms with E-state index in [0.29, 0.717) is 6.54 Å². The SMILES string of the molecule is CC1(C(=O)NCc2ccsc2)CCCN1. The van der Waals surface area contributed by atoms with Crippen LogP contribution in [0.1, 0.15) is 25.3 Å². The van der Waals surface area contributed by atoms with E-state index < -0.39 is 0 Å². The van der Waals surface area contributed by atoms with Crippen molar-refractivity contribution in [2.24, 2.45) is 0 Å². The Hall–Kier alpha value is -0.870. The molecule has 1 aliphatic heterocycles. The number of hydrogen-bond donors (Lipinski definition) is 2. The molecule has 0 spiro atoms. The summed E-state index contributed by atoms with van der Waals surface area (Å²) in [6, 6.07) is 2.04. The number of amides is 1. The topological polar surface area (TPSA) is 41.1 Å². The highest BCUT2D eigenvalue weighted by molar-refractivity contribution is 7.07. The minimum atomic E-state index is -0.351. The summed E-state index contributed by atoms with van der Waals surface area (Å²) in [7, 11) is 0. The van der Waals surface area contributed by atoms with Crippen LogP contribution in [0.25, 0.3) is 0 Å². The number of hydrogen-bond acceptors (Lipinski definition) is 3. The zero-order chi connectivity index (χ0) is 10.7. The molecule has 0 aromatic carbocycles. The predicted molar refractivity (Wildman–Crippen MR) is 61.8 cm³/mol. The fourth-order valence-electron chi connectivity index (χ4n) is 1.86. The fraction of sp³-hybridized carbons (Fsp3) is 0.545. The van der Waals surface area contributed by atoms with Gasteiger partial charge in [-0.3, -0.25) is 4.79 Å². The Morgan fingerprint density at radius 1 is 1.73 bits per heavy atom. The van der Waals surface area contributed by atoms with Crippen molar-refractivity contribution in [2.45, 2.75) is 31.8 Å². The van der Waals surface area contributed by atoms with Crippen LogP contribution in [0, 0.1) is 0 Å². The number of nitrogens with one attached hydrogen (secondary N) is 2. The first-order valence-electron chi connectivity index (χ1n) is 5.25. The quantitative estimate of drug-likeness (QED) is 0.817. The largest absolute Gasteiger partial charge is 0.350 e. The summed E-state index contributed by atoms with van der Waals surface area (Å²) in [4.78, 5) is 11.9. The van der Waals surface area contributed by atoms with Crippen molar-refractivity contribution in [1.82, 2.24) is 10.6 Å². The van der Waals surface area contributed by atoms with Gasteiger partial charge in [-0.25, -0.2) is 0 Å². The third-order valence-electron chi connectivity index (χ3n) is 2.90. The molecule has 1 aliphatic rings. The van der Waals surface area contributed by atoms with Gasteiger partial charge in [0.1, 0.15) is 0 Å². The normalized spacial score (nSPS) is 25.4. The van der Waals surface area contributed by atoms with Crippen LogP contribution >= 0.6 is 11.3 Å². The van der Waals surface area contributed by atoms with Crippen molar-refractivity contribution in [1.29, 1.82) is 0 Å². The van der Waals surface area contributed by atoms with Gasteiger partial charge < -0.3 is 10.6 Å². The first-order valence-corrected chi connectivity index (χ1v) is 6.19. The Kier molecular flexibility index (Phi) is 3.07. The van der Waals surface area contributed by atoms with Crippen LogP contribution in [-0.2, 0) is 11.3 Å². The molecule has 2 heterocycles. The lowest BCUT2D eigenvalue weighted by Crippen LogP contribution is -2.50. The van der Waals surface area contributed by atoms with Gasteiger partial charge >= 0.3 is 0 Å². The van der Waals surface area contributed by atoms with Crippen LogP contribution in [0.5, 0.6) is 0 Å². The van der Waals surface area contributed by atoms with E-state index in [9.17, 15) is 4.79 Å². The molecule has 1 aromatic rings. The Bertz CT molecular complexity index is 328. The monoisotopic (exact) mass is 224 g/mol. The Morgan fingerprint density at radius 2 is 2.60 bits per heavy atom. The molecule has 1 fully saturated rings. The lowest BCUT2D eigenvalue weighted by atomic mass is 9.99. The average Bonchev–Trinajstić information content (AvgIpc) is 2.85. The fourth-order valence-corrected chi connectivity index (χ4v) is 2.53. The van der Waals surface area contributed by atoms with E-state index in [1.165, 1.54) is 5.56 Å². The minimum Gasteiger partial charge on any atom is -0.350 e. The second-order valence-corrected chi connectivity index (χ2v) is 4.96. The molecule has 2 rings (SSSR count). The van der Waals surface area contributed by atoms with E-state index in [1.807, 2.05) is 18.4 Å². The maximum absolute atomic E-state index is 11.9. The van der Waals surface area contributed by atoms with E-state index >= 15 is 0 Å². The molecular formula is C11H16N2OS. The molecule has 1 unspecified atom stereocenters. The van der Waals surface area contributed by atoms with Crippen molar-refractivity contribution in [2.75, 3.05) is 6.54 Å². The van der Waals surface area contributed by atoms with Crippen LogP contribution in [-0.4, -0.2) is 18.0 Å². The molecule has 1 atom stereocenters. The second kappa shape index (κ2) is 4.33. The molecule has 1 aromatic heterocycles. The predicted octanol–water partition coefficient (Wildman–Crippen LogP) is 1.51. The maximum Gasteiger partial charge on any atom is 0.240 e. The summed E-state index contributed by atoms with van der Waals surface area (Å²) in [5, 5.41) is 10.3. The summed E-state index contributed by atoms with van der Waals surface area (Å²) in [6.07, 6.45) is 2.02. The molecule has 1 saturated heterocycles. The van der Waals surface area contributed by atoms with Gasteiger partial charge in [-0.05, 0) is 48.7 Å². The van der Waals surface area contributed by atoms with E-state index in [4.69, 9.17) is 0 Å². The van der Waals surface area contributed by atoms with E-state index in [2.05, 4.69) is 16.0 Å². The minimum absolute atomic E-state index is 0.117. The Labute approximate surface area is 93.9 Å². The number of thiophene rings is 1. The summed E-state index contributed by atoms with van der Waals surface area (Å²) in [5.41, 5.74) is 0.825. The lowest BCUT2D eigenvalue weighted by molar-refractivity contribution is -0.126. The van der Waals surface area contributed by atoms with Gasteiger partial charge in [-0.2, -0.15) is 11.3 Å². The van der Waals surface area contributed by atoms with Gasteiger partial charge in [0.15, 0.2) is 0 Å². The highest BCUT2D eigenvalue weighted by Gasteiger charge is 2.35. The second-order valence-electron chi connectivity index (χ2n) is 4.18. The third kappa shape index (κ3) is 2.38. The van der Waals surface area contributed by atoms with Crippen molar-refractivity contribution in [3.8, 4) is 0 Å². The van der Waals surface area contributed by atoms with Crippen LogP contribution in [0.4, 0.5) is 0 Å². The zero-order valence-electron chi connectivity index (χ0n) is 8.88. The summed E-state index contributed by atoms with van der Waals surface area (Å²) < 4.78 is 0. The number of carbonyl (C=O) groups is 1. The molecule has 82 valence electrons. The highest BCUT2D eigenvalue weighted by atomic mass is 32.1. The number of carbonyl (C=O) groups excluding carboxylic acids is 1. The maximum atomic E-state index is 11.9. The van der Waals surface area contributed by atoms with Crippen molar-refractivity contribution in [3.05, 3.63) is 22.4 Å². The van der Waals surface area contributed by atoms with Crippen LogP contribution < -0.4 is 10.6 Å². The molecule has 2 N–H and O–H groups in total. The van der Waals surface area contributed by atoms with Gasteiger partial charge in [-0.15, -0.1) is 0 Å². The molecular weight excluding hydrogens is 208 g/mol. The first kappa shape index (κ1) is 10.6. The van der Waals surface area contributed by atoms with E-state index in [-0.39, 0.29) is 11.4 Å². The molecule has 4 heteroatoms. The smallest absolute Gasteiger partial charge is 0.240 e. The zero-order valence-corrected chi connectivity index (χ0v) is 9.69. The van der Waals surface area contributed by atoms with Gasteiger partial charge in [-0.1, -0.05) is 0 Å². The molecule has 0 bridgehead atoms. The molecule has 0 aliphatic carbocycles. The van der Waals surface area contributed by atoms with Crippen LogP contribution in [0.3, 0.4) is 0 Å². The van der Waals surface area contributed by atoms with E-state index in [1.54, 1.807) is 11.3 Å². The Balaban J connectivity index is 1.87. The molecule has 15 heavy (non-hydrogen) atoms.